The van der Waals surface area contributed by atoms with E-state index < -0.39 is 10.0 Å². The largest absolute Gasteiger partial charge is 0.490 e. The Morgan fingerprint density at radius 1 is 1.06 bits per heavy atom. The highest BCUT2D eigenvalue weighted by molar-refractivity contribution is 7.89. The summed E-state index contributed by atoms with van der Waals surface area (Å²) in [6.45, 7) is 5.77. The Kier molecular flexibility index (Phi) is 7.24. The topological polar surface area (TPSA) is 84.9 Å². The normalized spacial score (nSPS) is 18.4. The fraction of sp³-hybridized carbons (Fsp3) is 0.480. The molecule has 4 rings (SSSR count). The third-order valence-corrected chi connectivity index (χ3v) is 8.28. The molecule has 2 aliphatic heterocycles. The average Bonchev–Trinajstić information content (AvgIpc) is 3.08. The van der Waals surface area contributed by atoms with E-state index in [4.69, 9.17) is 9.47 Å². The highest BCUT2D eigenvalue weighted by Gasteiger charge is 2.33. The van der Waals surface area contributed by atoms with Crippen LogP contribution in [0.15, 0.2) is 47.4 Å². The Morgan fingerprint density at radius 2 is 1.73 bits per heavy atom. The number of hydrogen-bond acceptors (Lipinski definition) is 5. The number of aryl methyl sites for hydroxylation is 1. The molecule has 0 aromatic heterocycles. The van der Waals surface area contributed by atoms with Gasteiger partial charge >= 0.3 is 0 Å². The summed E-state index contributed by atoms with van der Waals surface area (Å²) in [6.07, 6.45) is 2.56. The maximum absolute atomic E-state index is 13.2. The smallest absolute Gasteiger partial charge is 0.243 e. The lowest BCUT2D eigenvalue weighted by Gasteiger charge is -2.31. The Hall–Kier alpha value is -2.58. The van der Waals surface area contributed by atoms with Crippen molar-refractivity contribution in [1.82, 2.24) is 9.62 Å². The first-order valence-corrected chi connectivity index (χ1v) is 13.1. The predicted octanol–water partition coefficient (Wildman–Crippen LogP) is 3.82. The fourth-order valence-electron chi connectivity index (χ4n) is 4.32. The monoisotopic (exact) mass is 472 g/mol. The van der Waals surface area contributed by atoms with Crippen LogP contribution in [-0.4, -0.2) is 44.9 Å². The number of carbonyl (C=O) groups excluding carboxylic acids is 1. The van der Waals surface area contributed by atoms with Gasteiger partial charge in [-0.15, -0.1) is 0 Å². The molecule has 7 nitrogen and oxygen atoms in total. The summed E-state index contributed by atoms with van der Waals surface area (Å²) in [5.74, 6) is 0.834. The van der Waals surface area contributed by atoms with Crippen molar-refractivity contribution >= 4 is 15.9 Å². The lowest BCUT2D eigenvalue weighted by atomic mass is 9.95. The Balaban J connectivity index is 1.38. The molecule has 178 valence electrons. The van der Waals surface area contributed by atoms with Crippen LogP contribution in [0.25, 0.3) is 0 Å². The Bertz CT molecular complexity index is 1080. The molecule has 0 spiro atoms. The van der Waals surface area contributed by atoms with Gasteiger partial charge in [-0.1, -0.05) is 36.8 Å². The van der Waals surface area contributed by atoms with Crippen LogP contribution in [0.4, 0.5) is 0 Å². The van der Waals surface area contributed by atoms with Crippen molar-refractivity contribution in [2.45, 2.75) is 50.5 Å². The number of sulfonamides is 1. The molecule has 2 aromatic carbocycles. The number of fused-ring (bicyclic) bond motifs is 1. The molecular weight excluding hydrogens is 440 g/mol. The predicted molar refractivity (Wildman–Crippen MR) is 126 cm³/mol. The number of rotatable bonds is 6. The maximum Gasteiger partial charge on any atom is 0.243 e. The second kappa shape index (κ2) is 10.1. The van der Waals surface area contributed by atoms with Gasteiger partial charge in [0.25, 0.3) is 0 Å². The summed E-state index contributed by atoms with van der Waals surface area (Å²) in [7, 11) is -3.67. The van der Waals surface area contributed by atoms with Crippen molar-refractivity contribution < 1.29 is 22.7 Å². The quantitative estimate of drug-likeness (QED) is 0.691. The van der Waals surface area contributed by atoms with E-state index in [1.54, 1.807) is 18.2 Å². The molecular formula is C25H32N2O5S. The van der Waals surface area contributed by atoms with E-state index in [0.717, 1.165) is 18.4 Å². The van der Waals surface area contributed by atoms with Crippen molar-refractivity contribution in [2.24, 2.45) is 5.92 Å². The van der Waals surface area contributed by atoms with Gasteiger partial charge in [0.15, 0.2) is 11.5 Å². The molecule has 0 radical (unpaired) electrons. The standard InChI is InChI=1S/C25H32N2O5S/c1-3-22(19-7-5-18(2)6-8-19)26-25(28)20-11-13-27(14-12-20)33(29,30)21-9-10-23-24(17-21)32-16-4-15-31-23/h5-10,17,20,22H,3-4,11-16H2,1-2H3,(H,26,28)/t22-/m0/s1. The van der Waals surface area contributed by atoms with Gasteiger partial charge in [-0.05, 0) is 43.9 Å². The molecule has 1 amide bonds. The third kappa shape index (κ3) is 5.33. The van der Waals surface area contributed by atoms with E-state index in [0.29, 0.717) is 50.6 Å². The molecule has 8 heteroatoms. The molecule has 1 saturated heterocycles. The van der Waals surface area contributed by atoms with Gasteiger partial charge in [0.05, 0.1) is 24.2 Å². The van der Waals surface area contributed by atoms with Crippen LogP contribution in [0.5, 0.6) is 11.5 Å². The summed E-state index contributed by atoms with van der Waals surface area (Å²) in [5, 5.41) is 3.16. The minimum Gasteiger partial charge on any atom is -0.490 e. The van der Waals surface area contributed by atoms with E-state index in [-0.39, 0.29) is 22.8 Å². The SMILES string of the molecule is CC[C@H](NC(=O)C1CCN(S(=O)(=O)c2ccc3c(c2)OCCCO3)CC1)c1ccc(C)cc1. The summed E-state index contributed by atoms with van der Waals surface area (Å²) >= 11 is 0. The van der Waals surface area contributed by atoms with E-state index in [1.165, 1.54) is 9.87 Å². The minimum absolute atomic E-state index is 0.00458. The molecule has 0 aliphatic carbocycles. The maximum atomic E-state index is 13.2. The number of piperidine rings is 1. The van der Waals surface area contributed by atoms with Crippen LogP contribution < -0.4 is 14.8 Å². The van der Waals surface area contributed by atoms with Crippen LogP contribution in [0.2, 0.25) is 0 Å². The van der Waals surface area contributed by atoms with Crippen LogP contribution >= 0.6 is 0 Å². The van der Waals surface area contributed by atoms with Crippen LogP contribution in [0, 0.1) is 12.8 Å². The zero-order chi connectivity index (χ0) is 23.4. The van der Waals surface area contributed by atoms with E-state index in [9.17, 15) is 13.2 Å². The van der Waals surface area contributed by atoms with Crippen molar-refractivity contribution in [3.63, 3.8) is 0 Å². The minimum atomic E-state index is -3.67. The van der Waals surface area contributed by atoms with Gasteiger partial charge in [0.2, 0.25) is 15.9 Å². The van der Waals surface area contributed by atoms with E-state index in [2.05, 4.69) is 12.2 Å². The number of nitrogens with zero attached hydrogens (tertiary/aromatic N) is 1. The molecule has 0 saturated carbocycles. The highest BCUT2D eigenvalue weighted by atomic mass is 32.2. The molecule has 2 aliphatic rings. The summed E-state index contributed by atoms with van der Waals surface area (Å²) < 4.78 is 39.1. The van der Waals surface area contributed by atoms with Crippen LogP contribution in [0.3, 0.4) is 0 Å². The first-order chi connectivity index (χ1) is 15.9. The Morgan fingerprint density at radius 3 is 2.39 bits per heavy atom. The van der Waals surface area contributed by atoms with E-state index in [1.807, 2.05) is 31.2 Å². The summed E-state index contributed by atoms with van der Waals surface area (Å²) in [5.41, 5.74) is 2.27. The molecule has 0 unspecified atom stereocenters. The number of carbonyl (C=O) groups is 1. The average molecular weight is 473 g/mol. The summed E-state index contributed by atoms with van der Waals surface area (Å²) in [4.78, 5) is 13.1. The number of amides is 1. The molecule has 33 heavy (non-hydrogen) atoms. The number of nitrogens with one attached hydrogen (secondary N) is 1. The molecule has 2 heterocycles. The van der Waals surface area contributed by atoms with Gasteiger partial charge in [0.1, 0.15) is 0 Å². The van der Waals surface area contributed by atoms with Gasteiger partial charge in [-0.3, -0.25) is 4.79 Å². The number of ether oxygens (including phenoxy) is 2. The Labute approximate surface area is 196 Å². The summed E-state index contributed by atoms with van der Waals surface area (Å²) in [6, 6.07) is 12.9. The molecule has 1 N–H and O–H groups in total. The molecule has 1 fully saturated rings. The zero-order valence-electron chi connectivity index (χ0n) is 19.2. The van der Waals surface area contributed by atoms with E-state index >= 15 is 0 Å². The van der Waals surface area contributed by atoms with Gasteiger partial charge < -0.3 is 14.8 Å². The van der Waals surface area contributed by atoms with Crippen LogP contribution in [0.1, 0.15) is 49.8 Å². The van der Waals surface area contributed by atoms with Gasteiger partial charge in [-0.2, -0.15) is 4.31 Å². The second-order valence-electron chi connectivity index (χ2n) is 8.72. The van der Waals surface area contributed by atoms with Gasteiger partial charge in [0, 0.05) is 31.5 Å². The van der Waals surface area contributed by atoms with Crippen molar-refractivity contribution in [2.75, 3.05) is 26.3 Å². The van der Waals surface area contributed by atoms with Crippen LogP contribution in [-0.2, 0) is 14.8 Å². The molecule has 2 aromatic rings. The molecule has 1 atom stereocenters. The van der Waals surface area contributed by atoms with Crippen molar-refractivity contribution in [1.29, 1.82) is 0 Å². The first-order valence-electron chi connectivity index (χ1n) is 11.6. The van der Waals surface area contributed by atoms with Crippen molar-refractivity contribution in [3.05, 3.63) is 53.6 Å². The number of benzene rings is 2. The lowest BCUT2D eigenvalue weighted by molar-refractivity contribution is -0.126. The first kappa shape index (κ1) is 23.6. The lowest BCUT2D eigenvalue weighted by Crippen LogP contribution is -2.43. The number of hydrogen-bond donors (Lipinski definition) is 1. The second-order valence-corrected chi connectivity index (χ2v) is 10.7. The molecule has 0 bridgehead atoms. The van der Waals surface area contributed by atoms with Crippen molar-refractivity contribution in [3.8, 4) is 11.5 Å². The third-order valence-electron chi connectivity index (χ3n) is 6.39. The zero-order valence-corrected chi connectivity index (χ0v) is 20.1. The highest BCUT2D eigenvalue weighted by Crippen LogP contribution is 2.34. The fourth-order valence-corrected chi connectivity index (χ4v) is 5.81. The van der Waals surface area contributed by atoms with Gasteiger partial charge in [-0.25, -0.2) is 8.42 Å².